The number of phenolic OH excluding ortho intramolecular Hbond substituents is 1. The van der Waals surface area contributed by atoms with E-state index in [9.17, 15) is 9.90 Å². The van der Waals surface area contributed by atoms with Crippen LogP contribution in [0.3, 0.4) is 0 Å². The second-order valence-corrected chi connectivity index (χ2v) is 6.08. The van der Waals surface area contributed by atoms with E-state index in [1.807, 2.05) is 36.4 Å². The van der Waals surface area contributed by atoms with Gasteiger partial charge in [0.25, 0.3) is 0 Å². The Morgan fingerprint density at radius 1 is 1.07 bits per heavy atom. The molecule has 0 amide bonds. The monoisotopic (exact) mass is 375 g/mol. The van der Waals surface area contributed by atoms with Crippen molar-refractivity contribution in [2.45, 2.75) is 0 Å². The number of carbonyl (C=O) groups is 1. The van der Waals surface area contributed by atoms with Crippen LogP contribution in [0.1, 0.15) is 16.1 Å². The van der Waals surface area contributed by atoms with Gasteiger partial charge in [-0.05, 0) is 30.4 Å². The molecule has 0 aliphatic carbocycles. The lowest BCUT2D eigenvalue weighted by atomic mass is 10.0. The molecule has 2 heterocycles. The van der Waals surface area contributed by atoms with E-state index in [0.717, 1.165) is 10.9 Å². The minimum Gasteiger partial charge on any atom is -0.504 e. The third-order valence-electron chi connectivity index (χ3n) is 4.48. The predicted octanol–water partition coefficient (Wildman–Crippen LogP) is 4.60. The van der Waals surface area contributed by atoms with E-state index in [-0.39, 0.29) is 22.8 Å². The molecule has 2 aromatic heterocycles. The molecule has 4 aromatic rings. The number of phenols is 1. The molecule has 0 radical (unpaired) electrons. The number of nitrogens with zero attached hydrogens (tertiary/aromatic N) is 1. The number of methoxy groups -OCH3 is 2. The Hall–Kier alpha value is -3.80. The lowest BCUT2D eigenvalue weighted by Crippen LogP contribution is -2.02. The Morgan fingerprint density at radius 3 is 2.64 bits per heavy atom. The normalized spacial score (nSPS) is 11.4. The summed E-state index contributed by atoms with van der Waals surface area (Å²) >= 11 is 0. The fraction of sp³-hybridized carbons (Fsp3) is 0.0909. The van der Waals surface area contributed by atoms with Crippen LogP contribution in [0.15, 0.2) is 59.2 Å². The van der Waals surface area contributed by atoms with E-state index >= 15 is 0 Å². The van der Waals surface area contributed by atoms with Crippen LogP contribution < -0.4 is 9.47 Å². The number of rotatable bonds is 5. The highest BCUT2D eigenvalue weighted by atomic mass is 16.5. The molecule has 28 heavy (non-hydrogen) atoms. The Labute approximate surface area is 160 Å². The van der Waals surface area contributed by atoms with E-state index in [2.05, 4.69) is 4.98 Å². The molecule has 6 nitrogen and oxygen atoms in total. The Morgan fingerprint density at radius 2 is 1.86 bits per heavy atom. The number of fused-ring (bicyclic) bond motifs is 2. The summed E-state index contributed by atoms with van der Waals surface area (Å²) < 4.78 is 16.0. The summed E-state index contributed by atoms with van der Waals surface area (Å²) in [6.45, 7) is 0. The molecule has 0 saturated heterocycles. The first-order valence-corrected chi connectivity index (χ1v) is 8.56. The van der Waals surface area contributed by atoms with Gasteiger partial charge in [0.05, 0.1) is 37.1 Å². The van der Waals surface area contributed by atoms with Gasteiger partial charge in [-0.15, -0.1) is 0 Å². The number of ketones is 1. The highest BCUT2D eigenvalue weighted by Gasteiger charge is 2.26. The predicted molar refractivity (Wildman–Crippen MR) is 106 cm³/mol. The standard InChI is InChI=1S/C22H17NO5/c1-26-20-15-11-12-28-21(15)22(27-2)19(25)18(20)17(24)10-9-14-8-7-13-5-3-4-6-16(13)23-14/h3-12,25H,1-2H3. The number of hydrogen-bond donors (Lipinski definition) is 1. The smallest absolute Gasteiger partial charge is 0.205 e. The number of furan rings is 1. The van der Waals surface area contributed by atoms with Gasteiger partial charge in [0.1, 0.15) is 11.3 Å². The largest absolute Gasteiger partial charge is 0.504 e. The molecule has 0 aliphatic heterocycles. The van der Waals surface area contributed by atoms with Crippen LogP contribution in [-0.4, -0.2) is 30.1 Å². The van der Waals surface area contributed by atoms with Crippen molar-refractivity contribution in [1.29, 1.82) is 0 Å². The van der Waals surface area contributed by atoms with Gasteiger partial charge in [-0.25, -0.2) is 4.98 Å². The SMILES string of the molecule is COc1c(C(=O)C=Cc2ccc3ccccc3n2)c(O)c(OC)c2occc12. The fourth-order valence-electron chi connectivity index (χ4n) is 3.18. The first kappa shape index (κ1) is 17.6. The first-order valence-electron chi connectivity index (χ1n) is 8.56. The molecule has 140 valence electrons. The Bertz CT molecular complexity index is 1220. The molecule has 0 atom stereocenters. The molecule has 0 unspecified atom stereocenters. The summed E-state index contributed by atoms with van der Waals surface area (Å²) in [7, 11) is 2.83. The second-order valence-electron chi connectivity index (χ2n) is 6.08. The van der Waals surface area contributed by atoms with E-state index < -0.39 is 5.78 Å². The molecule has 0 saturated carbocycles. The average Bonchev–Trinajstić information content (AvgIpc) is 3.20. The van der Waals surface area contributed by atoms with E-state index in [1.54, 1.807) is 12.1 Å². The van der Waals surface area contributed by atoms with Crippen molar-refractivity contribution in [2.75, 3.05) is 14.2 Å². The highest BCUT2D eigenvalue weighted by molar-refractivity contribution is 6.15. The lowest BCUT2D eigenvalue weighted by molar-refractivity contribution is 0.104. The zero-order valence-electron chi connectivity index (χ0n) is 15.3. The second kappa shape index (κ2) is 7.08. The lowest BCUT2D eigenvalue weighted by Gasteiger charge is -2.12. The molecule has 0 bridgehead atoms. The topological polar surface area (TPSA) is 81.8 Å². The Kier molecular flexibility index (Phi) is 4.45. The van der Waals surface area contributed by atoms with Gasteiger partial charge >= 0.3 is 0 Å². The van der Waals surface area contributed by atoms with Gasteiger partial charge in [-0.1, -0.05) is 24.3 Å². The first-order chi connectivity index (χ1) is 13.6. The van der Waals surface area contributed by atoms with Crippen LogP contribution in [0.4, 0.5) is 0 Å². The number of pyridine rings is 1. The molecular formula is C22H17NO5. The third kappa shape index (κ3) is 2.85. The summed E-state index contributed by atoms with van der Waals surface area (Å²) in [5.41, 5.74) is 1.78. The number of para-hydroxylation sites is 1. The van der Waals surface area contributed by atoms with Gasteiger partial charge in [-0.3, -0.25) is 4.79 Å². The van der Waals surface area contributed by atoms with Gasteiger partial charge in [0, 0.05) is 5.39 Å². The van der Waals surface area contributed by atoms with Crippen molar-refractivity contribution >= 4 is 33.7 Å². The minimum atomic E-state index is -0.439. The number of benzene rings is 2. The molecule has 1 N–H and O–H groups in total. The van der Waals surface area contributed by atoms with Crippen molar-refractivity contribution < 1.29 is 23.8 Å². The van der Waals surface area contributed by atoms with Gasteiger partial charge < -0.3 is 19.0 Å². The van der Waals surface area contributed by atoms with Crippen LogP contribution in [0.25, 0.3) is 27.9 Å². The van der Waals surface area contributed by atoms with Crippen molar-refractivity contribution in [3.63, 3.8) is 0 Å². The maximum Gasteiger partial charge on any atom is 0.205 e. The molecule has 0 spiro atoms. The third-order valence-corrected chi connectivity index (χ3v) is 4.48. The van der Waals surface area contributed by atoms with Crippen molar-refractivity contribution in [2.24, 2.45) is 0 Å². The fourth-order valence-corrected chi connectivity index (χ4v) is 3.18. The molecular weight excluding hydrogens is 358 g/mol. The van der Waals surface area contributed by atoms with Crippen molar-refractivity contribution in [3.8, 4) is 17.2 Å². The number of aromatic hydroxyl groups is 1. The van der Waals surface area contributed by atoms with Gasteiger partial charge in [0.2, 0.25) is 5.75 Å². The van der Waals surface area contributed by atoms with Gasteiger partial charge in [-0.2, -0.15) is 0 Å². The van der Waals surface area contributed by atoms with Gasteiger partial charge in [0.15, 0.2) is 17.1 Å². The van der Waals surface area contributed by atoms with E-state index in [0.29, 0.717) is 16.7 Å². The quantitative estimate of drug-likeness (QED) is 0.405. The maximum absolute atomic E-state index is 12.9. The molecule has 4 rings (SSSR count). The number of ether oxygens (including phenoxy) is 2. The minimum absolute atomic E-state index is 0.00490. The average molecular weight is 375 g/mol. The van der Waals surface area contributed by atoms with Crippen LogP contribution in [0.2, 0.25) is 0 Å². The summed E-state index contributed by atoms with van der Waals surface area (Å²) in [4.78, 5) is 17.4. The van der Waals surface area contributed by atoms with Crippen molar-refractivity contribution in [3.05, 3.63) is 66.1 Å². The van der Waals surface area contributed by atoms with E-state index in [4.69, 9.17) is 13.9 Å². The summed E-state index contributed by atoms with van der Waals surface area (Å²) in [6.07, 6.45) is 4.39. The zero-order chi connectivity index (χ0) is 19.7. The molecule has 6 heteroatoms. The number of hydrogen-bond acceptors (Lipinski definition) is 6. The number of carbonyl (C=O) groups excluding carboxylic acids is 1. The van der Waals surface area contributed by atoms with Crippen LogP contribution in [-0.2, 0) is 0 Å². The van der Waals surface area contributed by atoms with Crippen molar-refractivity contribution in [1.82, 2.24) is 4.98 Å². The molecule has 0 aliphatic rings. The number of allylic oxidation sites excluding steroid dienone is 1. The maximum atomic E-state index is 12.9. The number of aromatic nitrogens is 1. The summed E-state index contributed by atoms with van der Waals surface area (Å²) in [5, 5.41) is 12.1. The Balaban J connectivity index is 1.77. The van der Waals surface area contributed by atoms with E-state index in [1.165, 1.54) is 26.6 Å². The molecule has 2 aromatic carbocycles. The molecule has 0 fully saturated rings. The van der Waals surface area contributed by atoms with Crippen LogP contribution in [0, 0.1) is 0 Å². The summed E-state index contributed by atoms with van der Waals surface area (Å²) in [6, 6.07) is 13.1. The van der Waals surface area contributed by atoms with Crippen LogP contribution >= 0.6 is 0 Å². The zero-order valence-corrected chi connectivity index (χ0v) is 15.3. The summed E-state index contributed by atoms with van der Waals surface area (Å²) in [5.74, 6) is -0.460. The van der Waals surface area contributed by atoms with Crippen LogP contribution in [0.5, 0.6) is 17.2 Å². The highest BCUT2D eigenvalue weighted by Crippen LogP contribution is 2.45.